The second kappa shape index (κ2) is 29.7. The van der Waals surface area contributed by atoms with Crippen molar-refractivity contribution in [1.29, 1.82) is 0 Å². The Morgan fingerprint density at radius 1 is 0.674 bits per heavy atom. The van der Waals surface area contributed by atoms with E-state index in [2.05, 4.69) is 26.0 Å². The van der Waals surface area contributed by atoms with Crippen LogP contribution in [-0.2, 0) is 28.6 Å². The molecule has 0 amide bonds. The van der Waals surface area contributed by atoms with Gasteiger partial charge in [0.25, 0.3) is 0 Å². The number of carbonyl (C=O) groups is 3. The molecule has 0 aliphatic rings. The number of nitrogens with zero attached hydrogens (tertiary/aromatic N) is 1. The Morgan fingerprint density at radius 2 is 1.22 bits per heavy atom. The fourth-order valence-corrected chi connectivity index (χ4v) is 4.78. The van der Waals surface area contributed by atoms with Gasteiger partial charge in [0.1, 0.15) is 12.6 Å². The topological polar surface area (TPSA) is 102 Å². The first-order valence-electron chi connectivity index (χ1n) is 17.7. The highest BCUT2D eigenvalue weighted by Crippen LogP contribution is 2.12. The van der Waals surface area contributed by atoms with Crippen LogP contribution in [-0.4, -0.2) is 75.5 Å². The summed E-state index contributed by atoms with van der Waals surface area (Å²) >= 11 is 0. The first-order valence-corrected chi connectivity index (χ1v) is 17.7. The molecular formula is C38H65NO7. The Kier molecular flexibility index (Phi) is 27.9. The van der Waals surface area contributed by atoms with Crippen LogP contribution in [0.3, 0.4) is 0 Å². The summed E-state index contributed by atoms with van der Waals surface area (Å²) in [6, 6.07) is -0.731. The number of ether oxygens (including phenoxy) is 3. The van der Waals surface area contributed by atoms with Gasteiger partial charge < -0.3 is 28.6 Å². The first kappa shape index (κ1) is 43.3. The summed E-state index contributed by atoms with van der Waals surface area (Å²) in [6.45, 7) is 4.42. The minimum absolute atomic E-state index is 0.0242. The fourth-order valence-electron chi connectivity index (χ4n) is 4.78. The lowest BCUT2D eigenvalue weighted by atomic mass is 10.1. The molecule has 0 aromatic heterocycles. The van der Waals surface area contributed by atoms with Gasteiger partial charge in [-0.2, -0.15) is 0 Å². The number of esters is 2. The van der Waals surface area contributed by atoms with Gasteiger partial charge in [0, 0.05) is 19.3 Å². The van der Waals surface area contributed by atoms with Gasteiger partial charge in [-0.1, -0.05) is 120 Å². The molecule has 0 saturated heterocycles. The zero-order valence-corrected chi connectivity index (χ0v) is 29.7. The minimum atomic E-state index is -1.14. The van der Waals surface area contributed by atoms with Gasteiger partial charge in [-0.15, -0.1) is 0 Å². The second-order valence-corrected chi connectivity index (χ2v) is 12.8. The molecule has 2 unspecified atom stereocenters. The predicted octanol–water partition coefficient (Wildman–Crippen LogP) is 7.18. The summed E-state index contributed by atoms with van der Waals surface area (Å²) in [7, 11) is 5.37. The summed E-state index contributed by atoms with van der Waals surface area (Å²) < 4.78 is 17.0. The maximum Gasteiger partial charge on any atom is 0.306 e. The smallest absolute Gasteiger partial charge is 0.306 e. The number of rotatable bonds is 30. The van der Waals surface area contributed by atoms with Gasteiger partial charge in [-0.25, -0.2) is 0 Å². The number of aliphatic carboxylic acids is 1. The number of allylic oxidation sites excluding steroid dienone is 8. The third kappa shape index (κ3) is 27.6. The lowest BCUT2D eigenvalue weighted by molar-refractivity contribution is -0.889. The second-order valence-electron chi connectivity index (χ2n) is 12.8. The molecule has 8 nitrogen and oxygen atoms in total. The highest BCUT2D eigenvalue weighted by molar-refractivity contribution is 5.70. The summed E-state index contributed by atoms with van der Waals surface area (Å²) in [6.07, 6.45) is 31.4. The van der Waals surface area contributed by atoms with Gasteiger partial charge >= 0.3 is 11.9 Å². The van der Waals surface area contributed by atoms with E-state index in [1.54, 1.807) is 21.1 Å². The van der Waals surface area contributed by atoms with Crippen molar-refractivity contribution in [3.8, 4) is 0 Å². The van der Waals surface area contributed by atoms with Gasteiger partial charge in [-0.05, 0) is 32.1 Å². The molecule has 0 radical (unpaired) electrons. The number of likely N-dealkylation sites (N-methyl/N-ethyl adjacent to an activating group) is 1. The molecule has 0 saturated carbocycles. The molecule has 0 bridgehead atoms. The highest BCUT2D eigenvalue weighted by Gasteiger charge is 2.25. The summed E-state index contributed by atoms with van der Waals surface area (Å²) in [5, 5.41) is 11.5. The van der Waals surface area contributed by atoms with E-state index in [4.69, 9.17) is 14.2 Å². The Morgan fingerprint density at radius 3 is 1.80 bits per heavy atom. The number of carboxylic acid groups (broad SMARTS) is 1. The first-order chi connectivity index (χ1) is 22.1. The van der Waals surface area contributed by atoms with E-state index in [-0.39, 0.29) is 49.1 Å². The van der Waals surface area contributed by atoms with Crippen LogP contribution in [0.1, 0.15) is 123 Å². The average molecular weight is 648 g/mol. The van der Waals surface area contributed by atoms with Crippen molar-refractivity contribution >= 4 is 17.9 Å². The molecule has 8 heteroatoms. The van der Waals surface area contributed by atoms with Crippen LogP contribution in [0.5, 0.6) is 0 Å². The molecule has 0 N–H and O–H groups in total. The van der Waals surface area contributed by atoms with Gasteiger partial charge in [-0.3, -0.25) is 9.59 Å². The summed E-state index contributed by atoms with van der Waals surface area (Å²) in [4.78, 5) is 36.5. The van der Waals surface area contributed by atoms with Crippen molar-refractivity contribution in [3.63, 3.8) is 0 Å². The SMILES string of the molecule is CC/C=C/C=C/C=C/C=C/CCCCCC(=O)OC(COCCC(C(=O)[O-])[N+](C)(C)C)COC(=O)CCCCCCCCCCC. The zero-order chi connectivity index (χ0) is 34.3. The number of quaternary nitrogens is 1. The van der Waals surface area contributed by atoms with Crippen LogP contribution < -0.4 is 5.11 Å². The Bertz CT molecular complexity index is 901. The maximum absolute atomic E-state index is 12.6. The molecule has 264 valence electrons. The van der Waals surface area contributed by atoms with Crippen LogP contribution >= 0.6 is 0 Å². The molecule has 0 aromatic carbocycles. The van der Waals surface area contributed by atoms with Crippen LogP contribution in [0.2, 0.25) is 0 Å². The largest absolute Gasteiger partial charge is 0.544 e. The van der Waals surface area contributed by atoms with E-state index >= 15 is 0 Å². The van der Waals surface area contributed by atoms with Crippen molar-refractivity contribution in [2.24, 2.45) is 0 Å². The van der Waals surface area contributed by atoms with E-state index in [9.17, 15) is 19.5 Å². The molecule has 0 spiro atoms. The third-order valence-corrected chi connectivity index (χ3v) is 7.57. The molecule has 0 aromatic rings. The van der Waals surface area contributed by atoms with E-state index in [1.165, 1.54) is 38.5 Å². The van der Waals surface area contributed by atoms with Crippen LogP contribution in [0.4, 0.5) is 0 Å². The highest BCUT2D eigenvalue weighted by atomic mass is 16.6. The molecule has 0 heterocycles. The number of unbranched alkanes of at least 4 members (excludes halogenated alkanes) is 11. The minimum Gasteiger partial charge on any atom is -0.544 e. The zero-order valence-electron chi connectivity index (χ0n) is 29.7. The van der Waals surface area contributed by atoms with Crippen molar-refractivity contribution in [3.05, 3.63) is 48.6 Å². The number of carbonyl (C=O) groups excluding carboxylic acids is 3. The molecule has 0 rings (SSSR count). The van der Waals surface area contributed by atoms with Crippen LogP contribution in [0.15, 0.2) is 48.6 Å². The molecule has 0 fully saturated rings. The van der Waals surface area contributed by atoms with Crippen LogP contribution in [0.25, 0.3) is 0 Å². The Balaban J connectivity index is 4.56. The maximum atomic E-state index is 12.6. The van der Waals surface area contributed by atoms with Gasteiger partial charge in [0.05, 0.1) is 40.3 Å². The van der Waals surface area contributed by atoms with Crippen LogP contribution in [0, 0.1) is 0 Å². The monoisotopic (exact) mass is 647 g/mol. The van der Waals surface area contributed by atoms with Gasteiger partial charge in [0.15, 0.2) is 6.10 Å². The van der Waals surface area contributed by atoms with Crippen molar-refractivity contribution in [1.82, 2.24) is 0 Å². The Hall–Kier alpha value is -2.71. The van der Waals surface area contributed by atoms with Crippen molar-refractivity contribution in [2.75, 3.05) is 41.0 Å². The standard InChI is InChI=1S/C38H65NO7/c1-6-8-10-12-14-16-17-18-19-21-23-25-27-29-37(41)46-34(32-44-31-30-35(38(42)43)39(3,4)5)33-45-36(40)28-26-24-22-20-15-13-11-9-7-2/h8,10,12,14,16-19,34-35H,6-7,9,11,13,15,20-33H2,1-5H3/b10-8+,14-12+,17-16+,19-18+. The molecule has 46 heavy (non-hydrogen) atoms. The quantitative estimate of drug-likeness (QED) is 0.0352. The molecule has 0 aliphatic carbocycles. The third-order valence-electron chi connectivity index (χ3n) is 7.57. The van der Waals surface area contributed by atoms with Crippen molar-refractivity contribution < 1.29 is 38.2 Å². The normalized spacial score (nSPS) is 13.7. The van der Waals surface area contributed by atoms with E-state index in [1.807, 2.05) is 36.5 Å². The Labute approximate surface area is 280 Å². The van der Waals surface area contributed by atoms with E-state index in [0.717, 1.165) is 44.9 Å². The predicted molar refractivity (Wildman–Crippen MR) is 185 cm³/mol. The lowest BCUT2D eigenvalue weighted by Gasteiger charge is -2.34. The number of hydrogen-bond acceptors (Lipinski definition) is 7. The molecule has 2 atom stereocenters. The average Bonchev–Trinajstić information content (AvgIpc) is 3.00. The van der Waals surface area contributed by atoms with E-state index < -0.39 is 18.1 Å². The summed E-state index contributed by atoms with van der Waals surface area (Å²) in [5.74, 6) is -1.80. The fraction of sp³-hybridized carbons (Fsp3) is 0.711. The lowest BCUT2D eigenvalue weighted by Crippen LogP contribution is -2.55. The number of carboxylic acids is 1. The molecular weight excluding hydrogens is 582 g/mol. The van der Waals surface area contributed by atoms with E-state index in [0.29, 0.717) is 12.8 Å². The van der Waals surface area contributed by atoms with Gasteiger partial charge in [0.2, 0.25) is 0 Å². The van der Waals surface area contributed by atoms with Crippen molar-refractivity contribution in [2.45, 2.75) is 135 Å². The number of hydrogen-bond donors (Lipinski definition) is 0. The summed E-state index contributed by atoms with van der Waals surface area (Å²) in [5.41, 5.74) is 0. The molecule has 0 aliphatic heterocycles.